The second-order valence-corrected chi connectivity index (χ2v) is 4.69. The van der Waals surface area contributed by atoms with E-state index in [2.05, 4.69) is 33.0 Å². The van der Waals surface area contributed by atoms with Gasteiger partial charge in [0, 0.05) is 13.2 Å². The van der Waals surface area contributed by atoms with Crippen LogP contribution in [0.1, 0.15) is 53.4 Å². The molecule has 0 aromatic heterocycles. The van der Waals surface area contributed by atoms with Gasteiger partial charge in [-0.15, -0.1) is 0 Å². The van der Waals surface area contributed by atoms with Crippen molar-refractivity contribution < 1.29 is 9.47 Å². The van der Waals surface area contributed by atoms with Crippen molar-refractivity contribution in [1.29, 1.82) is 0 Å². The van der Waals surface area contributed by atoms with Crippen molar-refractivity contribution >= 4 is 0 Å². The third-order valence-electron chi connectivity index (χ3n) is 2.67. The molecule has 0 aliphatic rings. The summed E-state index contributed by atoms with van der Waals surface area (Å²) in [5.74, 6) is 0. The molecule has 0 aromatic carbocycles. The van der Waals surface area contributed by atoms with E-state index < -0.39 is 0 Å². The minimum Gasteiger partial charge on any atom is -0.378 e. The molecule has 0 heterocycles. The molecule has 3 heteroatoms. The SMILES string of the molecule is CCCOC(C)CCNCCC(C)OCCC. The van der Waals surface area contributed by atoms with Gasteiger partial charge in [-0.1, -0.05) is 13.8 Å². The fourth-order valence-electron chi connectivity index (χ4n) is 1.54. The Bertz CT molecular complexity index is 137. The Labute approximate surface area is 107 Å². The molecule has 2 atom stereocenters. The highest BCUT2D eigenvalue weighted by Gasteiger charge is 2.02. The molecular weight excluding hydrogens is 214 g/mol. The number of hydrogen-bond donors (Lipinski definition) is 1. The summed E-state index contributed by atoms with van der Waals surface area (Å²) in [6.07, 6.45) is 5.12. The second kappa shape index (κ2) is 12.3. The van der Waals surface area contributed by atoms with Gasteiger partial charge in [-0.2, -0.15) is 0 Å². The number of hydrogen-bond acceptors (Lipinski definition) is 3. The molecule has 3 nitrogen and oxygen atoms in total. The first-order valence-electron chi connectivity index (χ1n) is 7.14. The monoisotopic (exact) mass is 245 g/mol. The number of nitrogens with one attached hydrogen (secondary N) is 1. The van der Waals surface area contributed by atoms with E-state index in [1.54, 1.807) is 0 Å². The molecule has 104 valence electrons. The summed E-state index contributed by atoms with van der Waals surface area (Å²) >= 11 is 0. The Morgan fingerprint density at radius 1 is 0.824 bits per heavy atom. The van der Waals surface area contributed by atoms with E-state index in [9.17, 15) is 0 Å². The summed E-state index contributed by atoms with van der Waals surface area (Å²) in [4.78, 5) is 0. The highest BCUT2D eigenvalue weighted by Crippen LogP contribution is 1.99. The van der Waals surface area contributed by atoms with E-state index >= 15 is 0 Å². The lowest BCUT2D eigenvalue weighted by molar-refractivity contribution is 0.0564. The second-order valence-electron chi connectivity index (χ2n) is 4.69. The third-order valence-corrected chi connectivity index (χ3v) is 2.67. The summed E-state index contributed by atoms with van der Waals surface area (Å²) in [6, 6.07) is 0. The number of ether oxygens (including phenoxy) is 2. The molecule has 0 amide bonds. The molecule has 0 aliphatic heterocycles. The van der Waals surface area contributed by atoms with Crippen LogP contribution in [0, 0.1) is 0 Å². The van der Waals surface area contributed by atoms with Gasteiger partial charge in [-0.05, 0) is 52.6 Å². The first-order valence-corrected chi connectivity index (χ1v) is 7.14. The van der Waals surface area contributed by atoms with Crippen molar-refractivity contribution in [1.82, 2.24) is 5.32 Å². The van der Waals surface area contributed by atoms with Crippen LogP contribution in [-0.4, -0.2) is 38.5 Å². The summed E-state index contributed by atoms with van der Waals surface area (Å²) in [6.45, 7) is 12.4. The van der Waals surface area contributed by atoms with Crippen molar-refractivity contribution in [3.8, 4) is 0 Å². The Balaban J connectivity index is 3.22. The lowest BCUT2D eigenvalue weighted by atomic mass is 10.2. The van der Waals surface area contributed by atoms with Crippen LogP contribution >= 0.6 is 0 Å². The zero-order chi connectivity index (χ0) is 12.9. The molecule has 0 bridgehead atoms. The Hall–Kier alpha value is -0.120. The van der Waals surface area contributed by atoms with Crippen LogP contribution < -0.4 is 5.32 Å². The molecule has 17 heavy (non-hydrogen) atoms. The van der Waals surface area contributed by atoms with Crippen LogP contribution in [0.25, 0.3) is 0 Å². The van der Waals surface area contributed by atoms with E-state index in [1.165, 1.54) is 0 Å². The molecule has 0 spiro atoms. The molecule has 0 radical (unpaired) electrons. The summed E-state index contributed by atoms with van der Waals surface area (Å²) < 4.78 is 11.2. The average Bonchev–Trinajstić information content (AvgIpc) is 2.33. The van der Waals surface area contributed by atoms with Gasteiger partial charge >= 0.3 is 0 Å². The van der Waals surface area contributed by atoms with Crippen LogP contribution in [-0.2, 0) is 9.47 Å². The van der Waals surface area contributed by atoms with Gasteiger partial charge in [0.2, 0.25) is 0 Å². The highest BCUT2D eigenvalue weighted by molar-refractivity contribution is 4.57. The predicted octanol–water partition coefficient (Wildman–Crippen LogP) is 2.99. The quantitative estimate of drug-likeness (QED) is 0.536. The van der Waals surface area contributed by atoms with Crippen molar-refractivity contribution in [2.45, 2.75) is 65.6 Å². The van der Waals surface area contributed by atoms with Crippen LogP contribution in [0.15, 0.2) is 0 Å². The lowest BCUT2D eigenvalue weighted by Crippen LogP contribution is -2.24. The van der Waals surface area contributed by atoms with Gasteiger partial charge < -0.3 is 14.8 Å². The van der Waals surface area contributed by atoms with Crippen molar-refractivity contribution in [2.75, 3.05) is 26.3 Å². The molecule has 1 N–H and O–H groups in total. The normalized spacial score (nSPS) is 14.8. The predicted molar refractivity (Wildman–Crippen MR) is 73.5 cm³/mol. The Morgan fingerprint density at radius 2 is 1.24 bits per heavy atom. The molecule has 0 aromatic rings. The van der Waals surface area contributed by atoms with Gasteiger partial charge in [0.15, 0.2) is 0 Å². The van der Waals surface area contributed by atoms with Gasteiger partial charge in [0.05, 0.1) is 12.2 Å². The minimum absolute atomic E-state index is 0.371. The zero-order valence-corrected chi connectivity index (χ0v) is 12.1. The molecule has 0 saturated heterocycles. The fraction of sp³-hybridized carbons (Fsp3) is 1.00. The summed E-state index contributed by atoms with van der Waals surface area (Å²) in [5, 5.41) is 3.44. The van der Waals surface area contributed by atoms with Crippen LogP contribution in [0.3, 0.4) is 0 Å². The Kier molecular flexibility index (Phi) is 12.3. The molecule has 0 fully saturated rings. The maximum absolute atomic E-state index is 5.61. The maximum Gasteiger partial charge on any atom is 0.0559 e. The third kappa shape index (κ3) is 12.1. The molecule has 0 saturated carbocycles. The van der Waals surface area contributed by atoms with Gasteiger partial charge in [0.25, 0.3) is 0 Å². The first kappa shape index (κ1) is 16.9. The summed E-state index contributed by atoms with van der Waals surface area (Å²) in [7, 11) is 0. The van der Waals surface area contributed by atoms with Crippen LogP contribution in [0.2, 0.25) is 0 Å². The van der Waals surface area contributed by atoms with E-state index in [-0.39, 0.29) is 0 Å². The standard InChI is InChI=1S/C14H31NO2/c1-5-11-16-13(3)7-9-15-10-8-14(4)17-12-6-2/h13-15H,5-12H2,1-4H3. The highest BCUT2D eigenvalue weighted by atomic mass is 16.5. The molecule has 2 unspecified atom stereocenters. The van der Waals surface area contributed by atoms with Crippen LogP contribution in [0.5, 0.6) is 0 Å². The minimum atomic E-state index is 0.371. The molecule has 0 rings (SSSR count). The lowest BCUT2D eigenvalue weighted by Gasteiger charge is -2.15. The van der Waals surface area contributed by atoms with Crippen molar-refractivity contribution in [3.05, 3.63) is 0 Å². The first-order chi connectivity index (χ1) is 8.20. The molecule has 0 aliphatic carbocycles. The smallest absolute Gasteiger partial charge is 0.0559 e. The topological polar surface area (TPSA) is 30.5 Å². The van der Waals surface area contributed by atoms with Gasteiger partial charge in [-0.3, -0.25) is 0 Å². The van der Waals surface area contributed by atoms with Crippen molar-refractivity contribution in [2.24, 2.45) is 0 Å². The van der Waals surface area contributed by atoms with Crippen molar-refractivity contribution in [3.63, 3.8) is 0 Å². The van der Waals surface area contributed by atoms with E-state index in [0.717, 1.165) is 52.0 Å². The maximum atomic E-state index is 5.61. The van der Waals surface area contributed by atoms with E-state index in [4.69, 9.17) is 9.47 Å². The average molecular weight is 245 g/mol. The van der Waals surface area contributed by atoms with E-state index in [1.807, 2.05) is 0 Å². The number of rotatable bonds is 12. The zero-order valence-electron chi connectivity index (χ0n) is 12.1. The summed E-state index contributed by atoms with van der Waals surface area (Å²) in [5.41, 5.74) is 0. The largest absolute Gasteiger partial charge is 0.378 e. The van der Waals surface area contributed by atoms with Gasteiger partial charge in [0.1, 0.15) is 0 Å². The molecular formula is C14H31NO2. The Morgan fingerprint density at radius 3 is 1.59 bits per heavy atom. The fourth-order valence-corrected chi connectivity index (χ4v) is 1.54. The van der Waals surface area contributed by atoms with Gasteiger partial charge in [-0.25, -0.2) is 0 Å². The van der Waals surface area contributed by atoms with E-state index in [0.29, 0.717) is 12.2 Å². The van der Waals surface area contributed by atoms with Crippen LogP contribution in [0.4, 0.5) is 0 Å².